The van der Waals surface area contributed by atoms with E-state index in [-0.39, 0.29) is 16.1 Å². The van der Waals surface area contributed by atoms with Crippen LogP contribution in [0, 0.1) is 0 Å². The van der Waals surface area contributed by atoms with Crippen LogP contribution < -0.4 is 4.74 Å². The third-order valence-corrected chi connectivity index (χ3v) is 2.74. The van der Waals surface area contributed by atoms with Crippen LogP contribution in [-0.2, 0) is 6.30 Å². The molecule has 0 atom stereocenters. The summed E-state index contributed by atoms with van der Waals surface area (Å²) in [6.07, 6.45) is -4.66. The van der Waals surface area contributed by atoms with Gasteiger partial charge in [0.25, 0.3) is 0 Å². The number of hydrogen-bond donors (Lipinski definition) is 0. The molecule has 0 N–H and O–H groups in total. The summed E-state index contributed by atoms with van der Waals surface area (Å²) in [5, 5.41) is 9.32. The van der Waals surface area contributed by atoms with E-state index in [1.54, 1.807) is 0 Å². The number of benzene rings is 1. The highest BCUT2D eigenvalue weighted by Crippen LogP contribution is 2.32. The standard InChI is InChI=1S/C9H6BrF3N4O/c1-18-7-3-2-5(4-6(7)10)8-14-15-16-17(8)9(11,12)13/h2-4H,1H3. The lowest BCUT2D eigenvalue weighted by atomic mass is 10.2. The minimum Gasteiger partial charge on any atom is -0.496 e. The Morgan fingerprint density at radius 3 is 2.61 bits per heavy atom. The largest absolute Gasteiger partial charge is 0.507 e. The molecule has 0 unspecified atom stereocenters. The zero-order chi connectivity index (χ0) is 13.3. The smallest absolute Gasteiger partial charge is 0.496 e. The molecule has 1 heterocycles. The van der Waals surface area contributed by atoms with Gasteiger partial charge in [0, 0.05) is 5.56 Å². The SMILES string of the molecule is COc1ccc(-c2nnnn2C(F)(F)F)cc1Br. The number of methoxy groups -OCH3 is 1. The zero-order valence-corrected chi connectivity index (χ0v) is 10.5. The third kappa shape index (κ3) is 2.30. The molecule has 0 amide bonds. The van der Waals surface area contributed by atoms with Crippen molar-refractivity contribution < 1.29 is 17.9 Å². The lowest BCUT2D eigenvalue weighted by Gasteiger charge is -2.09. The number of nitrogens with zero attached hydrogens (tertiary/aromatic N) is 4. The Balaban J connectivity index is 2.50. The molecule has 0 aliphatic carbocycles. The fourth-order valence-electron chi connectivity index (χ4n) is 1.34. The first-order valence-electron chi connectivity index (χ1n) is 4.63. The number of ether oxygens (including phenoxy) is 1. The summed E-state index contributed by atoms with van der Waals surface area (Å²) in [5.74, 6) is 0.121. The van der Waals surface area contributed by atoms with Crippen LogP contribution in [0.15, 0.2) is 22.7 Å². The Morgan fingerprint density at radius 1 is 1.33 bits per heavy atom. The molecule has 0 saturated heterocycles. The molecular weight excluding hydrogens is 317 g/mol. The normalized spacial score (nSPS) is 11.6. The van der Waals surface area contributed by atoms with Crippen molar-refractivity contribution in [2.75, 3.05) is 7.11 Å². The predicted molar refractivity (Wildman–Crippen MR) is 58.8 cm³/mol. The summed E-state index contributed by atoms with van der Waals surface area (Å²) in [6, 6.07) is 4.42. The van der Waals surface area contributed by atoms with Crippen LogP contribution in [0.25, 0.3) is 11.4 Å². The number of alkyl halides is 3. The molecule has 0 spiro atoms. The van der Waals surface area contributed by atoms with Gasteiger partial charge in [-0.1, -0.05) is 0 Å². The minimum atomic E-state index is -4.66. The first-order chi connectivity index (χ1) is 8.43. The average molecular weight is 323 g/mol. The maximum Gasteiger partial charge on any atom is 0.507 e. The summed E-state index contributed by atoms with van der Waals surface area (Å²) >= 11 is 3.18. The van der Waals surface area contributed by atoms with Crippen molar-refractivity contribution >= 4 is 15.9 Å². The highest BCUT2D eigenvalue weighted by atomic mass is 79.9. The maximum atomic E-state index is 12.6. The van der Waals surface area contributed by atoms with Crippen molar-refractivity contribution in [1.29, 1.82) is 0 Å². The van der Waals surface area contributed by atoms with Gasteiger partial charge in [0.1, 0.15) is 5.75 Å². The van der Waals surface area contributed by atoms with Crippen molar-refractivity contribution in [3.05, 3.63) is 22.7 Å². The molecule has 0 saturated carbocycles. The van der Waals surface area contributed by atoms with Crippen LogP contribution in [0.2, 0.25) is 0 Å². The number of rotatable bonds is 2. The molecule has 18 heavy (non-hydrogen) atoms. The quantitative estimate of drug-likeness (QED) is 0.852. The minimum absolute atomic E-state index is 0.193. The summed E-state index contributed by atoms with van der Waals surface area (Å²) in [5.41, 5.74) is 0.227. The Hall–Kier alpha value is -1.64. The van der Waals surface area contributed by atoms with E-state index in [9.17, 15) is 13.2 Å². The lowest BCUT2D eigenvalue weighted by Crippen LogP contribution is -2.19. The molecule has 2 aromatic rings. The first kappa shape index (κ1) is 12.8. The molecule has 0 aliphatic rings. The molecule has 9 heteroatoms. The van der Waals surface area contributed by atoms with E-state index >= 15 is 0 Å². The van der Waals surface area contributed by atoms with Crippen LogP contribution in [0.4, 0.5) is 13.2 Å². The number of hydrogen-bond acceptors (Lipinski definition) is 4. The van der Waals surface area contributed by atoms with Crippen LogP contribution in [0.3, 0.4) is 0 Å². The van der Waals surface area contributed by atoms with Gasteiger partial charge >= 0.3 is 6.30 Å². The van der Waals surface area contributed by atoms with E-state index in [1.807, 2.05) is 0 Å². The molecule has 5 nitrogen and oxygen atoms in total. The van der Waals surface area contributed by atoms with Gasteiger partial charge < -0.3 is 4.74 Å². The molecule has 1 aromatic carbocycles. The van der Waals surface area contributed by atoms with Crippen LogP contribution in [-0.4, -0.2) is 27.3 Å². The van der Waals surface area contributed by atoms with Crippen LogP contribution in [0.5, 0.6) is 5.75 Å². The Morgan fingerprint density at radius 2 is 2.06 bits per heavy atom. The third-order valence-electron chi connectivity index (χ3n) is 2.12. The van der Waals surface area contributed by atoms with Crippen molar-refractivity contribution in [1.82, 2.24) is 20.2 Å². The van der Waals surface area contributed by atoms with Gasteiger partial charge in [-0.15, -0.1) is 23.0 Å². The fourth-order valence-corrected chi connectivity index (χ4v) is 1.88. The molecule has 0 fully saturated rings. The van der Waals surface area contributed by atoms with Crippen LogP contribution in [0.1, 0.15) is 0 Å². The van der Waals surface area contributed by atoms with Gasteiger partial charge in [0.15, 0.2) is 5.82 Å². The Kier molecular flexibility index (Phi) is 3.24. The predicted octanol–water partition coefficient (Wildman–Crippen LogP) is 2.59. The Labute approximate surface area is 108 Å². The lowest BCUT2D eigenvalue weighted by molar-refractivity contribution is -0.211. The fraction of sp³-hybridized carbons (Fsp3) is 0.222. The van der Waals surface area contributed by atoms with Crippen molar-refractivity contribution in [2.24, 2.45) is 0 Å². The average Bonchev–Trinajstić information content (AvgIpc) is 2.77. The molecule has 0 radical (unpaired) electrons. The highest BCUT2D eigenvalue weighted by Gasteiger charge is 2.36. The maximum absolute atomic E-state index is 12.6. The van der Waals surface area contributed by atoms with Gasteiger partial charge in [0.05, 0.1) is 11.6 Å². The molecule has 0 bridgehead atoms. The summed E-state index contributed by atoms with van der Waals surface area (Å²) in [4.78, 5) is 0. The topological polar surface area (TPSA) is 52.8 Å². The highest BCUT2D eigenvalue weighted by molar-refractivity contribution is 9.10. The van der Waals surface area contributed by atoms with E-state index in [2.05, 4.69) is 31.5 Å². The second-order valence-electron chi connectivity index (χ2n) is 3.23. The number of aromatic nitrogens is 4. The Bertz CT molecular complexity index is 569. The zero-order valence-electron chi connectivity index (χ0n) is 8.94. The second kappa shape index (κ2) is 4.56. The van der Waals surface area contributed by atoms with E-state index in [4.69, 9.17) is 4.74 Å². The summed E-state index contributed by atoms with van der Waals surface area (Å²) in [7, 11) is 1.46. The van der Waals surface area contributed by atoms with E-state index < -0.39 is 6.30 Å². The van der Waals surface area contributed by atoms with Gasteiger partial charge in [0.2, 0.25) is 0 Å². The molecular formula is C9H6BrF3N4O. The van der Waals surface area contributed by atoms with E-state index in [0.717, 1.165) is 0 Å². The van der Waals surface area contributed by atoms with Crippen LogP contribution >= 0.6 is 15.9 Å². The van der Waals surface area contributed by atoms with E-state index in [1.165, 1.54) is 25.3 Å². The molecule has 96 valence electrons. The monoisotopic (exact) mass is 322 g/mol. The summed E-state index contributed by atoms with van der Waals surface area (Å²) < 4.78 is 43.1. The van der Waals surface area contributed by atoms with Gasteiger partial charge in [-0.05, 0) is 44.6 Å². The van der Waals surface area contributed by atoms with Gasteiger partial charge in [-0.3, -0.25) is 0 Å². The van der Waals surface area contributed by atoms with Crippen molar-refractivity contribution in [2.45, 2.75) is 6.30 Å². The van der Waals surface area contributed by atoms with Crippen molar-refractivity contribution in [3.8, 4) is 17.1 Å². The molecule has 0 aliphatic heterocycles. The number of tetrazole rings is 1. The van der Waals surface area contributed by atoms with Gasteiger partial charge in [-0.2, -0.15) is 0 Å². The van der Waals surface area contributed by atoms with E-state index in [0.29, 0.717) is 10.2 Å². The second-order valence-corrected chi connectivity index (χ2v) is 4.09. The van der Waals surface area contributed by atoms with Gasteiger partial charge in [-0.25, -0.2) is 0 Å². The number of halogens is 4. The molecule has 2 rings (SSSR count). The van der Waals surface area contributed by atoms with Crippen molar-refractivity contribution in [3.63, 3.8) is 0 Å². The molecule has 1 aromatic heterocycles. The first-order valence-corrected chi connectivity index (χ1v) is 5.42. The summed E-state index contributed by atoms with van der Waals surface area (Å²) in [6.45, 7) is 0.